The maximum absolute atomic E-state index is 13.6. The molecule has 2 heterocycles. The monoisotopic (exact) mass is 513 g/mol. The SMILES string of the molecule is CC(C)C[C@H](NC(=O)C1(c2ccccc2)CCN(C(=O)[C@@H]2Cc3ccccc3CN2)CC1)C(=O)O.Cl. The van der Waals surface area contributed by atoms with Gasteiger partial charge in [0.1, 0.15) is 6.04 Å². The third-order valence-corrected chi connectivity index (χ3v) is 7.38. The van der Waals surface area contributed by atoms with Gasteiger partial charge in [-0.05, 0) is 48.3 Å². The van der Waals surface area contributed by atoms with Gasteiger partial charge in [0.05, 0.1) is 11.5 Å². The molecule has 8 heteroatoms. The second-order valence-electron chi connectivity index (χ2n) is 10.2. The topological polar surface area (TPSA) is 98.7 Å². The van der Waals surface area contributed by atoms with E-state index < -0.39 is 17.4 Å². The van der Waals surface area contributed by atoms with E-state index in [1.54, 1.807) is 0 Å². The Morgan fingerprint density at radius 1 is 1.03 bits per heavy atom. The molecule has 0 aromatic heterocycles. The van der Waals surface area contributed by atoms with Crippen LogP contribution < -0.4 is 10.6 Å². The standard InChI is InChI=1S/C28H35N3O4.ClH/c1-19(2)16-24(26(33)34)30-27(35)28(22-10-4-3-5-11-22)12-14-31(15-13-28)25(32)23-17-20-8-6-7-9-21(20)18-29-23;/h3-11,19,23-24,29H,12-18H2,1-2H3,(H,30,35)(H,33,34);1H/t23-,24-;/m0./s1. The molecule has 0 unspecified atom stereocenters. The molecule has 194 valence electrons. The van der Waals surface area contributed by atoms with Crippen molar-refractivity contribution in [2.24, 2.45) is 5.92 Å². The number of carbonyl (C=O) groups excluding carboxylic acids is 2. The highest BCUT2D eigenvalue weighted by Gasteiger charge is 2.45. The van der Waals surface area contributed by atoms with Gasteiger partial charge >= 0.3 is 5.97 Å². The van der Waals surface area contributed by atoms with Crippen LogP contribution in [0.15, 0.2) is 54.6 Å². The summed E-state index contributed by atoms with van der Waals surface area (Å²) in [6, 6.07) is 16.5. The van der Waals surface area contributed by atoms with Gasteiger partial charge in [-0.25, -0.2) is 4.79 Å². The van der Waals surface area contributed by atoms with E-state index in [9.17, 15) is 19.5 Å². The molecule has 2 atom stereocenters. The van der Waals surface area contributed by atoms with Gasteiger partial charge in [-0.3, -0.25) is 9.59 Å². The van der Waals surface area contributed by atoms with Gasteiger partial charge in [0.25, 0.3) is 0 Å². The molecule has 4 rings (SSSR count). The molecule has 7 nitrogen and oxygen atoms in total. The number of hydrogen-bond donors (Lipinski definition) is 3. The van der Waals surface area contributed by atoms with Gasteiger partial charge in [-0.2, -0.15) is 0 Å². The summed E-state index contributed by atoms with van der Waals surface area (Å²) in [6.45, 7) is 5.45. The Hall–Kier alpha value is -2.90. The largest absolute Gasteiger partial charge is 0.480 e. The minimum Gasteiger partial charge on any atom is -0.480 e. The van der Waals surface area contributed by atoms with Gasteiger partial charge in [0, 0.05) is 19.6 Å². The highest BCUT2D eigenvalue weighted by atomic mass is 35.5. The van der Waals surface area contributed by atoms with Crippen molar-refractivity contribution < 1.29 is 19.5 Å². The van der Waals surface area contributed by atoms with Crippen LogP contribution in [0.1, 0.15) is 49.8 Å². The maximum Gasteiger partial charge on any atom is 0.326 e. The second kappa shape index (κ2) is 11.9. The average Bonchev–Trinajstić information content (AvgIpc) is 2.87. The van der Waals surface area contributed by atoms with Gasteiger partial charge in [-0.1, -0.05) is 68.4 Å². The number of rotatable bonds is 7. The van der Waals surface area contributed by atoms with Crippen molar-refractivity contribution in [3.63, 3.8) is 0 Å². The molecule has 2 aromatic rings. The summed E-state index contributed by atoms with van der Waals surface area (Å²) in [5.41, 5.74) is 2.42. The first-order chi connectivity index (χ1) is 16.8. The van der Waals surface area contributed by atoms with E-state index in [0.29, 0.717) is 45.3 Å². The fraction of sp³-hybridized carbons (Fsp3) is 0.464. The number of carboxylic acids is 1. The molecule has 1 fully saturated rings. The number of piperidine rings is 1. The van der Waals surface area contributed by atoms with Crippen molar-refractivity contribution in [1.29, 1.82) is 0 Å². The average molecular weight is 514 g/mol. The molecule has 2 aromatic carbocycles. The van der Waals surface area contributed by atoms with E-state index in [1.165, 1.54) is 11.1 Å². The lowest BCUT2D eigenvalue weighted by Gasteiger charge is -2.42. The fourth-order valence-electron chi connectivity index (χ4n) is 5.35. The third-order valence-electron chi connectivity index (χ3n) is 7.38. The van der Waals surface area contributed by atoms with E-state index in [2.05, 4.69) is 22.8 Å². The number of nitrogens with one attached hydrogen (secondary N) is 2. The first-order valence-electron chi connectivity index (χ1n) is 12.5. The Kier molecular flexibility index (Phi) is 9.14. The molecule has 1 saturated heterocycles. The first-order valence-corrected chi connectivity index (χ1v) is 12.5. The first kappa shape index (κ1) is 27.7. The smallest absolute Gasteiger partial charge is 0.326 e. The zero-order valence-corrected chi connectivity index (χ0v) is 21.7. The number of halogens is 1. The van der Waals surface area contributed by atoms with Crippen LogP contribution in [-0.2, 0) is 32.8 Å². The quantitative estimate of drug-likeness (QED) is 0.527. The number of fused-ring (bicyclic) bond motifs is 1. The van der Waals surface area contributed by atoms with Crippen molar-refractivity contribution in [3.05, 3.63) is 71.3 Å². The highest BCUT2D eigenvalue weighted by molar-refractivity contribution is 5.92. The normalized spacial score (nSPS) is 19.5. The van der Waals surface area contributed by atoms with E-state index in [0.717, 1.165) is 5.56 Å². The summed E-state index contributed by atoms with van der Waals surface area (Å²) in [6.07, 6.45) is 1.93. The van der Waals surface area contributed by atoms with E-state index in [1.807, 2.05) is 61.2 Å². The summed E-state index contributed by atoms with van der Waals surface area (Å²) in [4.78, 5) is 40.7. The van der Waals surface area contributed by atoms with E-state index in [4.69, 9.17) is 0 Å². The van der Waals surface area contributed by atoms with Gasteiger partial charge < -0.3 is 20.6 Å². The Morgan fingerprint density at radius 3 is 2.25 bits per heavy atom. The number of nitrogens with zero attached hydrogens (tertiary/aromatic N) is 1. The Morgan fingerprint density at radius 2 is 1.64 bits per heavy atom. The molecule has 2 aliphatic heterocycles. The zero-order valence-electron chi connectivity index (χ0n) is 20.9. The number of hydrogen-bond acceptors (Lipinski definition) is 4. The van der Waals surface area contributed by atoms with Crippen LogP contribution in [0.5, 0.6) is 0 Å². The molecule has 0 aliphatic carbocycles. The number of amides is 2. The molecule has 0 saturated carbocycles. The maximum atomic E-state index is 13.6. The summed E-state index contributed by atoms with van der Waals surface area (Å²) < 4.78 is 0. The molecule has 3 N–H and O–H groups in total. The van der Waals surface area contributed by atoms with Crippen LogP contribution in [0, 0.1) is 5.92 Å². The van der Waals surface area contributed by atoms with Gasteiger partial charge in [-0.15, -0.1) is 12.4 Å². The molecular formula is C28H36ClN3O4. The molecule has 2 amide bonds. The van der Waals surface area contributed by atoms with Crippen molar-refractivity contribution >= 4 is 30.2 Å². The van der Waals surface area contributed by atoms with E-state index in [-0.39, 0.29) is 36.2 Å². The number of aliphatic carboxylic acids is 1. The van der Waals surface area contributed by atoms with Crippen molar-refractivity contribution in [2.75, 3.05) is 13.1 Å². The predicted molar refractivity (Wildman–Crippen MR) is 141 cm³/mol. The molecule has 0 bridgehead atoms. The Balaban J connectivity index is 0.00000361. The lowest BCUT2D eigenvalue weighted by molar-refractivity contribution is -0.144. The van der Waals surface area contributed by atoms with Crippen LogP contribution in [0.25, 0.3) is 0 Å². The molecule has 0 radical (unpaired) electrons. The van der Waals surface area contributed by atoms with Gasteiger partial charge in [0.15, 0.2) is 0 Å². The predicted octanol–water partition coefficient (Wildman–Crippen LogP) is 3.30. The molecule has 0 spiro atoms. The van der Waals surface area contributed by atoms with Crippen LogP contribution in [0.3, 0.4) is 0 Å². The summed E-state index contributed by atoms with van der Waals surface area (Å²) in [5.74, 6) is -1.10. The van der Waals surface area contributed by atoms with E-state index >= 15 is 0 Å². The zero-order chi connectivity index (χ0) is 25.0. The number of carboxylic acid groups (broad SMARTS) is 1. The lowest BCUT2D eigenvalue weighted by Crippen LogP contribution is -2.58. The fourth-order valence-corrected chi connectivity index (χ4v) is 5.35. The van der Waals surface area contributed by atoms with Crippen LogP contribution in [0.2, 0.25) is 0 Å². The van der Waals surface area contributed by atoms with Crippen molar-refractivity contribution in [1.82, 2.24) is 15.5 Å². The number of benzene rings is 2. The van der Waals surface area contributed by atoms with Crippen LogP contribution in [-0.4, -0.2) is 53.0 Å². The second-order valence-corrected chi connectivity index (χ2v) is 10.2. The summed E-state index contributed by atoms with van der Waals surface area (Å²) in [5, 5.41) is 15.9. The minimum absolute atomic E-state index is 0. The Bertz CT molecular complexity index is 1070. The lowest BCUT2D eigenvalue weighted by atomic mass is 9.71. The minimum atomic E-state index is -1.02. The molecular weight excluding hydrogens is 478 g/mol. The molecule has 2 aliphatic rings. The van der Waals surface area contributed by atoms with Gasteiger partial charge in [0.2, 0.25) is 11.8 Å². The van der Waals surface area contributed by atoms with Crippen LogP contribution in [0.4, 0.5) is 0 Å². The number of likely N-dealkylation sites (tertiary alicyclic amines) is 1. The molecule has 36 heavy (non-hydrogen) atoms. The summed E-state index contributed by atoms with van der Waals surface area (Å²) >= 11 is 0. The van der Waals surface area contributed by atoms with Crippen molar-refractivity contribution in [2.45, 2.75) is 63.6 Å². The highest BCUT2D eigenvalue weighted by Crippen LogP contribution is 2.36. The summed E-state index contributed by atoms with van der Waals surface area (Å²) in [7, 11) is 0. The third kappa shape index (κ3) is 5.90. The Labute approximate surface area is 219 Å². The van der Waals surface area contributed by atoms with Crippen LogP contribution >= 0.6 is 12.4 Å². The number of carbonyl (C=O) groups is 3. The van der Waals surface area contributed by atoms with Crippen molar-refractivity contribution in [3.8, 4) is 0 Å².